The van der Waals surface area contributed by atoms with Crippen LogP contribution < -0.4 is 9.47 Å². The molecule has 1 fully saturated rings. The first-order chi connectivity index (χ1) is 23.7. The van der Waals surface area contributed by atoms with Gasteiger partial charge in [-0.05, 0) is 82.8 Å². The van der Waals surface area contributed by atoms with Crippen molar-refractivity contribution in [2.75, 3.05) is 54.0 Å². The van der Waals surface area contributed by atoms with Crippen LogP contribution in [-0.2, 0) is 21.4 Å². The molecule has 0 atom stereocenters. The number of ether oxygens (including phenoxy) is 2. The number of carbonyl (C=O) groups is 1. The molecule has 0 amide bonds. The topological polar surface area (TPSA) is 119 Å². The van der Waals surface area contributed by atoms with E-state index in [4.69, 9.17) is 19.4 Å². The van der Waals surface area contributed by atoms with Crippen molar-refractivity contribution in [3.63, 3.8) is 0 Å². The number of likely N-dealkylation sites (N-methyl/N-ethyl adjacent to an activating group) is 1. The molecule has 0 aliphatic carbocycles. The summed E-state index contributed by atoms with van der Waals surface area (Å²) in [6.07, 6.45) is 0.756. The van der Waals surface area contributed by atoms with Gasteiger partial charge in [0, 0.05) is 54.4 Å². The van der Waals surface area contributed by atoms with Crippen LogP contribution in [0.1, 0.15) is 18.4 Å². The third-order valence-electron chi connectivity index (χ3n) is 8.67. The summed E-state index contributed by atoms with van der Waals surface area (Å²) in [6.45, 7) is 8.12. The molecule has 3 aromatic heterocycles. The minimum Gasteiger partial charge on any atom is -0.493 e. The minimum absolute atomic E-state index is 0.216. The SMILES string of the molecule is COc1cc2c(-c3cc4cccnc4n3S(=O)(=O)c3ccc(C)cc3)cn(CCCN3CCCN(C)CC3)c2cc1OC.O=C(O)C(F)(F)F. The van der Waals surface area contributed by atoms with Crippen molar-refractivity contribution in [1.29, 1.82) is 0 Å². The molecule has 4 heterocycles. The number of carboxylic acids is 1. The summed E-state index contributed by atoms with van der Waals surface area (Å²) in [4.78, 5) is 18.6. The second-order valence-electron chi connectivity index (χ2n) is 12.1. The van der Waals surface area contributed by atoms with Crippen molar-refractivity contribution < 1.29 is 41.0 Å². The molecule has 0 unspecified atom stereocenters. The van der Waals surface area contributed by atoms with E-state index in [9.17, 15) is 21.6 Å². The third-order valence-corrected chi connectivity index (χ3v) is 10.4. The highest BCUT2D eigenvalue weighted by Crippen LogP contribution is 2.41. The van der Waals surface area contributed by atoms with Gasteiger partial charge >= 0.3 is 12.1 Å². The largest absolute Gasteiger partial charge is 0.493 e. The molecule has 6 rings (SSSR count). The molecule has 50 heavy (non-hydrogen) atoms. The number of aliphatic carboxylic acids is 1. The van der Waals surface area contributed by atoms with Crippen molar-refractivity contribution in [3.05, 3.63) is 72.6 Å². The van der Waals surface area contributed by atoms with Crippen LogP contribution in [0.5, 0.6) is 11.5 Å². The Balaban J connectivity index is 0.000000630. The number of nitrogens with zero attached hydrogens (tertiary/aromatic N) is 5. The van der Waals surface area contributed by atoms with Crippen LogP contribution in [0.25, 0.3) is 33.2 Å². The van der Waals surface area contributed by atoms with E-state index in [1.54, 1.807) is 32.5 Å². The molecule has 11 nitrogen and oxygen atoms in total. The molecule has 1 aliphatic heterocycles. The molecule has 0 spiro atoms. The monoisotopic (exact) mass is 715 g/mol. The summed E-state index contributed by atoms with van der Waals surface area (Å²) in [7, 11) is 1.46. The van der Waals surface area contributed by atoms with E-state index < -0.39 is 22.2 Å². The molecular formula is C35H40F3N5O6S. The Morgan fingerprint density at radius 2 is 1.64 bits per heavy atom. The summed E-state index contributed by atoms with van der Waals surface area (Å²) >= 11 is 0. The number of benzene rings is 2. The summed E-state index contributed by atoms with van der Waals surface area (Å²) in [5, 5.41) is 8.76. The highest BCUT2D eigenvalue weighted by atomic mass is 32.2. The number of aryl methyl sites for hydroxylation is 2. The molecule has 1 N–H and O–H groups in total. The molecule has 15 heteroatoms. The summed E-state index contributed by atoms with van der Waals surface area (Å²) < 4.78 is 75.2. The van der Waals surface area contributed by atoms with Crippen LogP contribution in [0.15, 0.2) is 71.9 Å². The van der Waals surface area contributed by atoms with Gasteiger partial charge in [0.05, 0.1) is 30.3 Å². The number of pyridine rings is 1. The van der Waals surface area contributed by atoms with Gasteiger partial charge in [0.15, 0.2) is 17.1 Å². The zero-order valence-corrected chi connectivity index (χ0v) is 29.1. The predicted octanol–water partition coefficient (Wildman–Crippen LogP) is 5.88. The number of hydrogen-bond acceptors (Lipinski definition) is 8. The van der Waals surface area contributed by atoms with Gasteiger partial charge in [-0.25, -0.2) is 22.2 Å². The zero-order valence-electron chi connectivity index (χ0n) is 28.3. The van der Waals surface area contributed by atoms with Crippen LogP contribution in [0, 0.1) is 6.92 Å². The lowest BCUT2D eigenvalue weighted by Crippen LogP contribution is -2.30. The van der Waals surface area contributed by atoms with Gasteiger partial charge in [0.25, 0.3) is 10.0 Å². The Bertz CT molecular complexity index is 2080. The van der Waals surface area contributed by atoms with E-state index in [1.807, 2.05) is 49.4 Å². The van der Waals surface area contributed by atoms with Gasteiger partial charge in [-0.15, -0.1) is 0 Å². The number of hydrogen-bond donors (Lipinski definition) is 1. The molecule has 0 radical (unpaired) electrons. The van der Waals surface area contributed by atoms with Gasteiger partial charge in [0.1, 0.15) is 0 Å². The van der Waals surface area contributed by atoms with Crippen molar-refractivity contribution in [2.24, 2.45) is 0 Å². The lowest BCUT2D eigenvalue weighted by Gasteiger charge is -2.20. The summed E-state index contributed by atoms with van der Waals surface area (Å²) in [5.74, 6) is -1.54. The quantitative estimate of drug-likeness (QED) is 0.200. The Morgan fingerprint density at radius 1 is 0.960 bits per heavy atom. The van der Waals surface area contributed by atoms with Crippen LogP contribution in [0.2, 0.25) is 0 Å². The van der Waals surface area contributed by atoms with Gasteiger partial charge in [-0.1, -0.05) is 17.7 Å². The van der Waals surface area contributed by atoms with Crippen LogP contribution in [0.3, 0.4) is 0 Å². The van der Waals surface area contributed by atoms with Crippen LogP contribution in [-0.4, -0.2) is 103 Å². The first kappa shape index (κ1) is 36.7. The molecule has 0 saturated carbocycles. The maximum absolute atomic E-state index is 14.2. The fourth-order valence-corrected chi connectivity index (χ4v) is 7.53. The summed E-state index contributed by atoms with van der Waals surface area (Å²) in [5.41, 5.74) is 3.69. The number of halogens is 3. The second-order valence-corrected chi connectivity index (χ2v) is 13.9. The predicted molar refractivity (Wildman–Crippen MR) is 184 cm³/mol. The first-order valence-electron chi connectivity index (χ1n) is 16.0. The molecule has 0 bridgehead atoms. The Labute approximate surface area is 288 Å². The van der Waals surface area contributed by atoms with Crippen molar-refractivity contribution in [3.8, 4) is 22.8 Å². The molecule has 268 valence electrons. The second kappa shape index (κ2) is 15.1. The number of methoxy groups -OCH3 is 2. The van der Waals surface area contributed by atoms with E-state index >= 15 is 0 Å². The number of fused-ring (bicyclic) bond motifs is 2. The molecule has 2 aromatic carbocycles. The Morgan fingerprint density at radius 3 is 2.30 bits per heavy atom. The number of rotatable bonds is 9. The molecule has 1 saturated heterocycles. The fraction of sp³-hybridized carbons (Fsp3) is 0.371. The lowest BCUT2D eigenvalue weighted by molar-refractivity contribution is -0.192. The first-order valence-corrected chi connectivity index (χ1v) is 17.4. The van der Waals surface area contributed by atoms with Gasteiger partial charge in [0.2, 0.25) is 0 Å². The van der Waals surface area contributed by atoms with Crippen molar-refractivity contribution in [2.45, 2.75) is 37.4 Å². The minimum atomic E-state index is -5.08. The normalized spacial score (nSPS) is 14.7. The van der Waals surface area contributed by atoms with Crippen LogP contribution in [0.4, 0.5) is 13.2 Å². The zero-order chi connectivity index (χ0) is 36.2. The van der Waals surface area contributed by atoms with E-state index in [-0.39, 0.29) is 4.90 Å². The summed E-state index contributed by atoms with van der Waals surface area (Å²) in [6, 6.07) is 16.5. The highest BCUT2D eigenvalue weighted by Gasteiger charge is 2.38. The Hall–Kier alpha value is -4.60. The van der Waals surface area contributed by atoms with E-state index in [2.05, 4.69) is 32.6 Å². The van der Waals surface area contributed by atoms with Crippen LogP contribution >= 0.6 is 0 Å². The maximum Gasteiger partial charge on any atom is 0.490 e. The number of carboxylic acid groups (broad SMARTS) is 1. The smallest absolute Gasteiger partial charge is 0.490 e. The Kier molecular flexibility index (Phi) is 11.1. The molecule has 5 aromatic rings. The van der Waals surface area contributed by atoms with Crippen molar-refractivity contribution in [1.82, 2.24) is 23.3 Å². The molecule has 1 aliphatic rings. The number of aromatic nitrogens is 3. The average molecular weight is 716 g/mol. The van der Waals surface area contributed by atoms with Gasteiger partial charge in [-0.2, -0.15) is 13.2 Å². The number of alkyl halides is 3. The van der Waals surface area contributed by atoms with Gasteiger partial charge in [-0.3, -0.25) is 0 Å². The fourth-order valence-electron chi connectivity index (χ4n) is 6.05. The van der Waals surface area contributed by atoms with E-state index in [0.717, 1.165) is 73.1 Å². The molecular weight excluding hydrogens is 675 g/mol. The standard InChI is InChI=1S/C33H39N5O4S.C2HF3O2/c1-24-9-11-26(12-10-24)43(39,40)38-30(20-25-8-5-13-34-33(25)38)28-23-37(17-7-16-36-15-6-14-35(2)18-19-36)29-22-32(42-4)31(41-3)21-27(28)29;3-2(4,5)1(6)7/h5,8-13,20-23H,6-7,14-19H2,1-4H3;(H,6,7). The third kappa shape index (κ3) is 7.90. The highest BCUT2D eigenvalue weighted by molar-refractivity contribution is 7.90. The maximum atomic E-state index is 14.2. The van der Waals surface area contributed by atoms with Crippen molar-refractivity contribution >= 4 is 37.9 Å². The van der Waals surface area contributed by atoms with Gasteiger partial charge < -0.3 is 28.9 Å². The van der Waals surface area contributed by atoms with E-state index in [1.165, 1.54) is 10.4 Å². The average Bonchev–Trinajstić information content (AvgIpc) is 3.57. The van der Waals surface area contributed by atoms with E-state index in [0.29, 0.717) is 22.8 Å². The lowest BCUT2D eigenvalue weighted by atomic mass is 10.1.